The van der Waals surface area contributed by atoms with Gasteiger partial charge in [-0.1, -0.05) is 6.07 Å². The lowest BCUT2D eigenvalue weighted by Crippen LogP contribution is -1.96. The molecule has 0 unspecified atom stereocenters. The van der Waals surface area contributed by atoms with Crippen LogP contribution in [0, 0.1) is 3.57 Å². The maximum absolute atomic E-state index is 5.94. The molecule has 0 radical (unpaired) electrons. The van der Waals surface area contributed by atoms with Gasteiger partial charge in [0.15, 0.2) is 0 Å². The second kappa shape index (κ2) is 5.27. The van der Waals surface area contributed by atoms with E-state index in [-0.39, 0.29) is 0 Å². The number of rotatable bonds is 3. The first-order valence-electron chi connectivity index (χ1n) is 5.15. The standard InChI is InChI=1S/C13H13IN2O/c1-17-11-4-2-3-10(8-11)16-13-6-5-9(14)7-12(13)15/h2-8,16H,15H2,1H3. The molecular formula is C13H13IN2O. The molecule has 0 atom stereocenters. The molecule has 0 saturated carbocycles. The Bertz CT molecular complexity index is 529. The number of benzene rings is 2. The molecule has 0 fully saturated rings. The maximum atomic E-state index is 5.94. The first-order chi connectivity index (χ1) is 8.19. The summed E-state index contributed by atoms with van der Waals surface area (Å²) >= 11 is 2.24. The van der Waals surface area contributed by atoms with Gasteiger partial charge in [-0.15, -0.1) is 0 Å². The molecule has 3 nitrogen and oxygen atoms in total. The summed E-state index contributed by atoms with van der Waals surface area (Å²) < 4.78 is 6.29. The van der Waals surface area contributed by atoms with Crippen molar-refractivity contribution in [2.75, 3.05) is 18.2 Å². The molecule has 88 valence electrons. The van der Waals surface area contributed by atoms with Gasteiger partial charge in [0.05, 0.1) is 18.5 Å². The van der Waals surface area contributed by atoms with Crippen LogP contribution in [0.3, 0.4) is 0 Å². The van der Waals surface area contributed by atoms with E-state index in [2.05, 4.69) is 27.9 Å². The van der Waals surface area contributed by atoms with Crippen molar-refractivity contribution in [1.82, 2.24) is 0 Å². The van der Waals surface area contributed by atoms with Gasteiger partial charge in [-0.2, -0.15) is 0 Å². The van der Waals surface area contributed by atoms with Gasteiger partial charge in [0.2, 0.25) is 0 Å². The van der Waals surface area contributed by atoms with Crippen LogP contribution in [0.2, 0.25) is 0 Å². The lowest BCUT2D eigenvalue weighted by Gasteiger charge is -2.10. The lowest BCUT2D eigenvalue weighted by molar-refractivity contribution is 0.415. The Hall–Kier alpha value is -1.43. The monoisotopic (exact) mass is 340 g/mol. The highest BCUT2D eigenvalue weighted by atomic mass is 127. The zero-order chi connectivity index (χ0) is 12.3. The third-order valence-corrected chi connectivity index (χ3v) is 3.03. The number of methoxy groups -OCH3 is 1. The van der Waals surface area contributed by atoms with Crippen molar-refractivity contribution < 1.29 is 4.74 Å². The third-order valence-electron chi connectivity index (χ3n) is 2.36. The minimum atomic E-state index is 0.736. The van der Waals surface area contributed by atoms with Crippen LogP contribution in [0.25, 0.3) is 0 Å². The fraction of sp³-hybridized carbons (Fsp3) is 0.0769. The Morgan fingerprint density at radius 3 is 2.71 bits per heavy atom. The van der Waals surface area contributed by atoms with Crippen molar-refractivity contribution in [2.24, 2.45) is 0 Å². The van der Waals surface area contributed by atoms with Gasteiger partial charge in [0.1, 0.15) is 5.75 Å². The molecule has 0 amide bonds. The van der Waals surface area contributed by atoms with E-state index in [1.54, 1.807) is 7.11 Å². The molecule has 2 aromatic rings. The Kier molecular flexibility index (Phi) is 3.73. The predicted molar refractivity (Wildman–Crippen MR) is 79.8 cm³/mol. The first-order valence-corrected chi connectivity index (χ1v) is 6.23. The number of nitrogens with two attached hydrogens (primary N) is 1. The van der Waals surface area contributed by atoms with Crippen LogP contribution < -0.4 is 15.8 Å². The highest BCUT2D eigenvalue weighted by molar-refractivity contribution is 14.1. The minimum absolute atomic E-state index is 0.736. The summed E-state index contributed by atoms with van der Waals surface area (Å²) in [4.78, 5) is 0. The van der Waals surface area contributed by atoms with Crippen LogP contribution in [0.4, 0.5) is 17.1 Å². The molecule has 0 aliphatic carbocycles. The van der Waals surface area contributed by atoms with Gasteiger partial charge >= 0.3 is 0 Å². The van der Waals surface area contributed by atoms with E-state index in [1.165, 1.54) is 0 Å². The molecule has 2 rings (SSSR count). The van der Waals surface area contributed by atoms with Crippen molar-refractivity contribution in [1.29, 1.82) is 0 Å². The number of anilines is 3. The zero-order valence-electron chi connectivity index (χ0n) is 9.41. The van der Waals surface area contributed by atoms with Crippen molar-refractivity contribution in [3.05, 3.63) is 46.0 Å². The second-order valence-electron chi connectivity index (χ2n) is 3.59. The van der Waals surface area contributed by atoms with Gasteiger partial charge < -0.3 is 15.8 Å². The minimum Gasteiger partial charge on any atom is -0.497 e. The van der Waals surface area contributed by atoms with Crippen LogP contribution in [0.5, 0.6) is 5.75 Å². The van der Waals surface area contributed by atoms with Crippen molar-refractivity contribution in [3.63, 3.8) is 0 Å². The van der Waals surface area contributed by atoms with Crippen molar-refractivity contribution in [2.45, 2.75) is 0 Å². The molecule has 17 heavy (non-hydrogen) atoms. The Balaban J connectivity index is 2.25. The summed E-state index contributed by atoms with van der Waals surface area (Å²) in [5.41, 5.74) is 8.53. The van der Waals surface area contributed by atoms with Gasteiger partial charge in [0, 0.05) is 15.3 Å². The average molecular weight is 340 g/mol. The normalized spacial score (nSPS) is 10.0. The van der Waals surface area contributed by atoms with Crippen LogP contribution in [0.1, 0.15) is 0 Å². The van der Waals surface area contributed by atoms with E-state index in [0.717, 1.165) is 26.4 Å². The van der Waals surface area contributed by atoms with E-state index >= 15 is 0 Å². The molecule has 0 spiro atoms. The number of nitrogens with one attached hydrogen (secondary N) is 1. The van der Waals surface area contributed by atoms with E-state index < -0.39 is 0 Å². The highest BCUT2D eigenvalue weighted by Gasteiger charge is 2.01. The quantitative estimate of drug-likeness (QED) is 0.663. The van der Waals surface area contributed by atoms with Gasteiger partial charge in [-0.3, -0.25) is 0 Å². The van der Waals surface area contributed by atoms with E-state index in [1.807, 2.05) is 42.5 Å². The van der Waals surface area contributed by atoms with Crippen LogP contribution in [-0.4, -0.2) is 7.11 Å². The second-order valence-corrected chi connectivity index (χ2v) is 4.83. The van der Waals surface area contributed by atoms with Crippen molar-refractivity contribution in [3.8, 4) is 5.75 Å². The fourth-order valence-corrected chi connectivity index (χ4v) is 2.02. The molecule has 4 heteroatoms. The van der Waals surface area contributed by atoms with Gasteiger partial charge in [-0.05, 0) is 52.9 Å². The summed E-state index contributed by atoms with van der Waals surface area (Å²) in [6.07, 6.45) is 0. The molecule has 0 heterocycles. The zero-order valence-corrected chi connectivity index (χ0v) is 11.6. The Labute approximate surface area is 114 Å². The summed E-state index contributed by atoms with van der Waals surface area (Å²) in [5.74, 6) is 0.819. The number of halogens is 1. The summed E-state index contributed by atoms with van der Waals surface area (Å²) in [5, 5.41) is 3.27. The summed E-state index contributed by atoms with van der Waals surface area (Å²) in [6, 6.07) is 13.7. The van der Waals surface area contributed by atoms with Crippen LogP contribution in [-0.2, 0) is 0 Å². The molecule has 0 saturated heterocycles. The fourth-order valence-electron chi connectivity index (χ4n) is 1.50. The topological polar surface area (TPSA) is 47.3 Å². The third kappa shape index (κ3) is 3.03. The average Bonchev–Trinajstić information content (AvgIpc) is 2.33. The van der Waals surface area contributed by atoms with E-state index in [4.69, 9.17) is 10.5 Å². The maximum Gasteiger partial charge on any atom is 0.120 e. The largest absolute Gasteiger partial charge is 0.497 e. The number of nitrogen functional groups attached to an aromatic ring is 1. The van der Waals surface area contributed by atoms with Gasteiger partial charge in [0.25, 0.3) is 0 Å². The van der Waals surface area contributed by atoms with Crippen LogP contribution in [0.15, 0.2) is 42.5 Å². The smallest absolute Gasteiger partial charge is 0.120 e. The Morgan fingerprint density at radius 2 is 2.00 bits per heavy atom. The van der Waals surface area contributed by atoms with Gasteiger partial charge in [-0.25, -0.2) is 0 Å². The molecule has 2 aromatic carbocycles. The molecule has 0 bridgehead atoms. The molecule has 0 aliphatic heterocycles. The van der Waals surface area contributed by atoms with Crippen LogP contribution >= 0.6 is 22.6 Å². The SMILES string of the molecule is COc1cccc(Nc2ccc(I)cc2N)c1. The number of ether oxygens (including phenoxy) is 1. The Morgan fingerprint density at radius 1 is 1.18 bits per heavy atom. The predicted octanol–water partition coefficient (Wildman–Crippen LogP) is 3.63. The summed E-state index contributed by atoms with van der Waals surface area (Å²) in [7, 11) is 1.65. The highest BCUT2D eigenvalue weighted by Crippen LogP contribution is 2.26. The first kappa shape index (κ1) is 12.0. The summed E-state index contributed by atoms with van der Waals surface area (Å²) in [6.45, 7) is 0. The number of hydrogen-bond donors (Lipinski definition) is 2. The van der Waals surface area contributed by atoms with E-state index in [9.17, 15) is 0 Å². The molecular weight excluding hydrogens is 327 g/mol. The molecule has 0 aliphatic rings. The number of hydrogen-bond acceptors (Lipinski definition) is 3. The van der Waals surface area contributed by atoms with E-state index in [0.29, 0.717) is 0 Å². The lowest BCUT2D eigenvalue weighted by atomic mass is 10.2. The molecule has 3 N–H and O–H groups in total. The van der Waals surface area contributed by atoms with Crippen molar-refractivity contribution >= 4 is 39.7 Å². The molecule has 0 aromatic heterocycles.